The molecule has 1 saturated carbocycles. The fourth-order valence-electron chi connectivity index (χ4n) is 3.18. The number of nitrogens with one attached hydrogen (secondary N) is 1. The van der Waals surface area contributed by atoms with E-state index in [0.717, 1.165) is 36.8 Å². The van der Waals surface area contributed by atoms with Gasteiger partial charge in [0.2, 0.25) is 0 Å². The molecule has 4 nitrogen and oxygen atoms in total. The average molecular weight is 285 g/mol. The Morgan fingerprint density at radius 2 is 2.24 bits per heavy atom. The van der Waals surface area contributed by atoms with E-state index in [2.05, 4.69) is 41.6 Å². The number of nitrogens with two attached hydrogens (primary N) is 1. The molecule has 0 amide bonds. The van der Waals surface area contributed by atoms with Crippen molar-refractivity contribution in [3.63, 3.8) is 0 Å². The Balaban J connectivity index is 1.67. The van der Waals surface area contributed by atoms with Crippen molar-refractivity contribution in [1.29, 1.82) is 0 Å². The fourth-order valence-corrected chi connectivity index (χ4v) is 3.18. The van der Waals surface area contributed by atoms with Crippen LogP contribution in [0.2, 0.25) is 0 Å². The largest absolute Gasteiger partial charge is 0.378 e. The van der Waals surface area contributed by atoms with Crippen molar-refractivity contribution in [2.24, 2.45) is 11.8 Å². The van der Waals surface area contributed by atoms with E-state index in [1.165, 1.54) is 5.56 Å². The number of hydrogen-bond acceptors (Lipinski definition) is 4. The number of fused-ring (bicyclic) bond motifs is 1. The van der Waals surface area contributed by atoms with E-state index in [1.54, 1.807) is 0 Å². The van der Waals surface area contributed by atoms with E-state index >= 15 is 0 Å². The Bertz CT molecular complexity index is 595. The number of ether oxygens (including phenoxy) is 1. The molecule has 3 rings (SSSR count). The van der Waals surface area contributed by atoms with Crippen molar-refractivity contribution < 1.29 is 4.74 Å². The molecule has 0 bridgehead atoms. The predicted molar refractivity (Wildman–Crippen MR) is 84.6 cm³/mol. The molecule has 0 saturated heterocycles. The van der Waals surface area contributed by atoms with E-state index in [0.29, 0.717) is 12.0 Å². The smallest absolute Gasteiger partial charge is 0.0702 e. The Morgan fingerprint density at radius 1 is 1.38 bits per heavy atom. The number of nitrogens with zero attached hydrogens (tertiary/aromatic N) is 1. The van der Waals surface area contributed by atoms with Gasteiger partial charge < -0.3 is 4.74 Å². The van der Waals surface area contributed by atoms with Crippen LogP contribution in [0.15, 0.2) is 36.5 Å². The average Bonchev–Trinajstić information content (AvgIpc) is 2.49. The van der Waals surface area contributed by atoms with Gasteiger partial charge in [0.1, 0.15) is 0 Å². The number of hydrogen-bond donors (Lipinski definition) is 2. The zero-order chi connectivity index (χ0) is 14.7. The fraction of sp³-hybridized carbons (Fsp3) is 0.471. The summed E-state index contributed by atoms with van der Waals surface area (Å²) in [5.74, 6) is 6.47. The number of aromatic nitrogens is 1. The minimum atomic E-state index is 0.196. The number of pyridine rings is 1. The molecule has 2 aromatic rings. The highest BCUT2D eigenvalue weighted by Gasteiger charge is 2.31. The van der Waals surface area contributed by atoms with Crippen LogP contribution in [0.25, 0.3) is 10.9 Å². The summed E-state index contributed by atoms with van der Waals surface area (Å²) in [6.45, 7) is 2.87. The molecule has 4 heteroatoms. The number of rotatable bonds is 6. The summed E-state index contributed by atoms with van der Waals surface area (Å²) in [5.41, 5.74) is 5.23. The minimum absolute atomic E-state index is 0.196. The summed E-state index contributed by atoms with van der Waals surface area (Å²) in [5, 5.41) is 1.16. The van der Waals surface area contributed by atoms with Gasteiger partial charge in [0.15, 0.2) is 0 Å². The van der Waals surface area contributed by atoms with Gasteiger partial charge in [0.05, 0.1) is 11.6 Å². The molecule has 1 aliphatic carbocycles. The molecule has 1 unspecified atom stereocenters. The second-order valence-corrected chi connectivity index (χ2v) is 5.83. The van der Waals surface area contributed by atoms with Crippen LogP contribution >= 0.6 is 0 Å². The number of benzene rings is 1. The Kier molecular flexibility index (Phi) is 4.48. The van der Waals surface area contributed by atoms with Crippen molar-refractivity contribution in [3.05, 3.63) is 42.1 Å². The number of hydrazine groups is 1. The maximum Gasteiger partial charge on any atom is 0.0702 e. The van der Waals surface area contributed by atoms with Crippen molar-refractivity contribution >= 4 is 10.9 Å². The molecular weight excluding hydrogens is 262 g/mol. The first-order chi connectivity index (χ1) is 10.3. The van der Waals surface area contributed by atoms with Gasteiger partial charge in [-0.15, -0.1) is 0 Å². The first-order valence-electron chi connectivity index (χ1n) is 7.72. The Morgan fingerprint density at radius 3 is 3.00 bits per heavy atom. The van der Waals surface area contributed by atoms with Crippen LogP contribution in [-0.2, 0) is 4.74 Å². The maximum atomic E-state index is 5.77. The van der Waals surface area contributed by atoms with Gasteiger partial charge in [-0.05, 0) is 55.9 Å². The van der Waals surface area contributed by atoms with Crippen LogP contribution in [0.1, 0.15) is 37.8 Å². The molecule has 1 aromatic carbocycles. The summed E-state index contributed by atoms with van der Waals surface area (Å²) >= 11 is 0. The predicted octanol–water partition coefficient (Wildman–Crippen LogP) is 2.94. The SMILES string of the molecule is CCOC1CC(CC(NN)c2ccc3ncccc3c2)C1. The monoisotopic (exact) mass is 285 g/mol. The minimum Gasteiger partial charge on any atom is -0.378 e. The van der Waals surface area contributed by atoms with E-state index < -0.39 is 0 Å². The molecule has 0 aliphatic heterocycles. The molecule has 1 heterocycles. The highest BCUT2D eigenvalue weighted by atomic mass is 16.5. The quantitative estimate of drug-likeness (QED) is 0.633. The van der Waals surface area contributed by atoms with Gasteiger partial charge in [0.25, 0.3) is 0 Å². The molecule has 112 valence electrons. The van der Waals surface area contributed by atoms with Crippen LogP contribution in [0, 0.1) is 5.92 Å². The topological polar surface area (TPSA) is 60.2 Å². The maximum absolute atomic E-state index is 5.77. The van der Waals surface area contributed by atoms with Gasteiger partial charge >= 0.3 is 0 Å². The van der Waals surface area contributed by atoms with Gasteiger partial charge in [-0.25, -0.2) is 0 Å². The summed E-state index contributed by atoms with van der Waals surface area (Å²) in [6, 6.07) is 10.6. The summed E-state index contributed by atoms with van der Waals surface area (Å²) in [4.78, 5) is 4.36. The zero-order valence-electron chi connectivity index (χ0n) is 12.5. The molecule has 0 spiro atoms. The summed E-state index contributed by atoms with van der Waals surface area (Å²) in [6.07, 6.45) is 5.65. The molecule has 21 heavy (non-hydrogen) atoms. The zero-order valence-corrected chi connectivity index (χ0v) is 12.5. The van der Waals surface area contributed by atoms with E-state index in [4.69, 9.17) is 10.6 Å². The van der Waals surface area contributed by atoms with Crippen LogP contribution in [0.3, 0.4) is 0 Å². The van der Waals surface area contributed by atoms with Crippen molar-refractivity contribution in [1.82, 2.24) is 10.4 Å². The highest BCUT2D eigenvalue weighted by Crippen LogP contribution is 2.37. The van der Waals surface area contributed by atoms with E-state index in [1.807, 2.05) is 12.3 Å². The molecule has 1 atom stereocenters. The Hall–Kier alpha value is -1.49. The third kappa shape index (κ3) is 3.23. The van der Waals surface area contributed by atoms with Crippen LogP contribution < -0.4 is 11.3 Å². The second-order valence-electron chi connectivity index (χ2n) is 5.83. The lowest BCUT2D eigenvalue weighted by molar-refractivity contribution is -0.0291. The third-order valence-corrected chi connectivity index (χ3v) is 4.39. The van der Waals surface area contributed by atoms with E-state index in [9.17, 15) is 0 Å². The lowest BCUT2D eigenvalue weighted by Crippen LogP contribution is -2.36. The molecule has 1 fully saturated rings. The normalized spacial score (nSPS) is 23.0. The molecule has 1 aromatic heterocycles. The van der Waals surface area contributed by atoms with Crippen LogP contribution in [-0.4, -0.2) is 17.7 Å². The van der Waals surface area contributed by atoms with E-state index in [-0.39, 0.29) is 6.04 Å². The first-order valence-corrected chi connectivity index (χ1v) is 7.72. The lowest BCUT2D eigenvalue weighted by atomic mass is 9.77. The molecule has 0 radical (unpaired) electrons. The van der Waals surface area contributed by atoms with Crippen LogP contribution in [0.5, 0.6) is 0 Å². The molecular formula is C17H23N3O. The van der Waals surface area contributed by atoms with Gasteiger partial charge in [-0.1, -0.05) is 12.1 Å². The molecule has 3 N–H and O–H groups in total. The second kappa shape index (κ2) is 6.52. The molecule has 1 aliphatic rings. The summed E-state index contributed by atoms with van der Waals surface area (Å²) < 4.78 is 5.63. The van der Waals surface area contributed by atoms with Crippen molar-refractivity contribution in [2.45, 2.75) is 38.3 Å². The third-order valence-electron chi connectivity index (χ3n) is 4.39. The van der Waals surface area contributed by atoms with Crippen molar-refractivity contribution in [3.8, 4) is 0 Å². The van der Waals surface area contributed by atoms with Gasteiger partial charge in [-0.3, -0.25) is 16.3 Å². The van der Waals surface area contributed by atoms with Crippen molar-refractivity contribution in [2.75, 3.05) is 6.61 Å². The van der Waals surface area contributed by atoms with Gasteiger partial charge in [0, 0.05) is 24.2 Å². The van der Waals surface area contributed by atoms with Gasteiger partial charge in [-0.2, -0.15) is 0 Å². The first kappa shape index (κ1) is 14.4. The Labute approximate surface area is 125 Å². The summed E-state index contributed by atoms with van der Waals surface area (Å²) in [7, 11) is 0. The highest BCUT2D eigenvalue weighted by molar-refractivity contribution is 5.79. The lowest BCUT2D eigenvalue weighted by Gasteiger charge is -2.37. The standard InChI is InChI=1S/C17H23N3O/c1-2-21-15-8-12(9-15)10-17(20-18)14-5-6-16-13(11-14)4-3-7-19-16/h3-7,11-12,15,17,20H,2,8-10,18H2,1H3. The van der Waals surface area contributed by atoms with Crippen LogP contribution in [0.4, 0.5) is 0 Å².